The summed E-state index contributed by atoms with van der Waals surface area (Å²) in [6.07, 6.45) is 0. The molecule has 0 aliphatic heterocycles. The molecule has 0 spiro atoms. The first-order valence-electron chi connectivity index (χ1n) is 8.50. The predicted octanol–water partition coefficient (Wildman–Crippen LogP) is 4.45. The van der Waals surface area contributed by atoms with Gasteiger partial charge in [0.15, 0.2) is 17.3 Å². The molecule has 3 N–H and O–H groups in total. The highest BCUT2D eigenvalue weighted by Crippen LogP contribution is 2.27. The number of nitrogens with one attached hydrogen (secondary N) is 1. The molecule has 0 saturated heterocycles. The summed E-state index contributed by atoms with van der Waals surface area (Å²) in [6, 6.07) is 12.6. The molecule has 4 rings (SSSR count). The zero-order valence-corrected chi connectivity index (χ0v) is 15.2. The van der Waals surface area contributed by atoms with E-state index in [4.69, 9.17) is 12.3 Å². The molecule has 2 heterocycles. The number of aromatic nitrogens is 4. The molecular formula is C20H16FN7. The molecule has 2 aromatic heterocycles. The van der Waals surface area contributed by atoms with Crippen LogP contribution in [0.3, 0.4) is 0 Å². The zero-order valence-electron chi connectivity index (χ0n) is 15.2. The Hall–Kier alpha value is -3.99. The van der Waals surface area contributed by atoms with Crippen molar-refractivity contribution in [2.75, 3.05) is 11.1 Å². The van der Waals surface area contributed by atoms with Crippen molar-refractivity contribution in [3.8, 4) is 5.95 Å². The Morgan fingerprint density at radius 3 is 2.54 bits per heavy atom. The molecular weight excluding hydrogens is 357 g/mol. The van der Waals surface area contributed by atoms with Crippen LogP contribution in [-0.2, 0) is 0 Å². The zero-order chi connectivity index (χ0) is 19.8. The fourth-order valence-electron chi connectivity index (χ4n) is 2.91. The van der Waals surface area contributed by atoms with Crippen molar-refractivity contribution < 1.29 is 4.39 Å². The number of fused-ring (bicyclic) bond motifs is 1. The second-order valence-corrected chi connectivity index (χ2v) is 6.34. The first kappa shape index (κ1) is 17.4. The van der Waals surface area contributed by atoms with Gasteiger partial charge >= 0.3 is 0 Å². The molecule has 0 saturated carbocycles. The second-order valence-electron chi connectivity index (χ2n) is 6.34. The number of rotatable bonds is 3. The van der Waals surface area contributed by atoms with Gasteiger partial charge in [-0.2, -0.15) is 14.4 Å². The number of nitrogens with zero attached hydrogens (tertiary/aromatic N) is 5. The van der Waals surface area contributed by atoms with Gasteiger partial charge in [0.1, 0.15) is 5.82 Å². The third-order valence-electron chi connectivity index (χ3n) is 4.31. The maximum Gasteiger partial charge on any atom is 0.239 e. The lowest BCUT2D eigenvalue weighted by Gasteiger charge is -2.12. The number of halogens is 1. The van der Waals surface area contributed by atoms with Crippen molar-refractivity contribution >= 4 is 34.0 Å². The summed E-state index contributed by atoms with van der Waals surface area (Å²) < 4.78 is 16.2. The SMILES string of the molecule is [C-]#[N+]c1ccc2nc(C)n(-c3nc(N)c(F)c(Nc4ccc(C)cc4)n3)c2c1. The van der Waals surface area contributed by atoms with E-state index < -0.39 is 5.82 Å². The lowest BCUT2D eigenvalue weighted by atomic mass is 10.2. The Morgan fingerprint density at radius 2 is 1.82 bits per heavy atom. The lowest BCUT2D eigenvalue weighted by Crippen LogP contribution is -2.10. The van der Waals surface area contributed by atoms with E-state index >= 15 is 0 Å². The fourth-order valence-corrected chi connectivity index (χ4v) is 2.91. The third-order valence-corrected chi connectivity index (χ3v) is 4.31. The highest BCUT2D eigenvalue weighted by molar-refractivity contribution is 5.82. The van der Waals surface area contributed by atoms with E-state index in [9.17, 15) is 4.39 Å². The van der Waals surface area contributed by atoms with Gasteiger partial charge in [-0.1, -0.05) is 23.8 Å². The van der Waals surface area contributed by atoms with Crippen LogP contribution in [0.1, 0.15) is 11.4 Å². The van der Waals surface area contributed by atoms with Gasteiger partial charge < -0.3 is 11.1 Å². The number of imidazole rings is 1. The summed E-state index contributed by atoms with van der Waals surface area (Å²) in [4.78, 5) is 16.3. The molecule has 28 heavy (non-hydrogen) atoms. The van der Waals surface area contributed by atoms with Crippen LogP contribution in [0.2, 0.25) is 0 Å². The molecule has 0 aliphatic rings. The third kappa shape index (κ3) is 2.99. The Bertz CT molecular complexity index is 1240. The summed E-state index contributed by atoms with van der Waals surface area (Å²) in [7, 11) is 0. The molecule has 0 radical (unpaired) electrons. The second kappa shape index (κ2) is 6.63. The highest BCUT2D eigenvalue weighted by atomic mass is 19.1. The summed E-state index contributed by atoms with van der Waals surface area (Å²) in [5, 5.41) is 2.94. The van der Waals surface area contributed by atoms with Crippen molar-refractivity contribution in [2.45, 2.75) is 13.8 Å². The molecule has 138 valence electrons. The standard InChI is InChI=1S/C20H16FN7/c1-11-4-6-13(7-5-11)25-19-17(21)18(22)26-20(27-19)28-12(2)24-15-9-8-14(23-3)10-16(15)28/h4-10H,1-2H3,(H3,22,25,26,27). The number of anilines is 3. The van der Waals surface area contributed by atoms with E-state index in [1.165, 1.54) is 0 Å². The van der Waals surface area contributed by atoms with Crippen LogP contribution in [-0.4, -0.2) is 19.5 Å². The Labute approximate surface area is 160 Å². The van der Waals surface area contributed by atoms with Crippen LogP contribution >= 0.6 is 0 Å². The Balaban J connectivity index is 1.86. The minimum atomic E-state index is -0.728. The van der Waals surface area contributed by atoms with Crippen LogP contribution in [0, 0.1) is 26.2 Å². The summed E-state index contributed by atoms with van der Waals surface area (Å²) in [5.74, 6) is -0.260. The van der Waals surface area contributed by atoms with Gasteiger partial charge in [0.25, 0.3) is 0 Å². The van der Waals surface area contributed by atoms with Crippen LogP contribution < -0.4 is 11.1 Å². The normalized spacial score (nSPS) is 10.8. The van der Waals surface area contributed by atoms with Gasteiger partial charge in [0.05, 0.1) is 17.6 Å². The van der Waals surface area contributed by atoms with Gasteiger partial charge in [-0.25, -0.2) is 9.83 Å². The average molecular weight is 373 g/mol. The van der Waals surface area contributed by atoms with E-state index in [0.29, 0.717) is 28.2 Å². The van der Waals surface area contributed by atoms with E-state index in [0.717, 1.165) is 5.56 Å². The average Bonchev–Trinajstić information content (AvgIpc) is 3.01. The molecule has 0 amide bonds. The van der Waals surface area contributed by atoms with Crippen molar-refractivity contribution in [3.05, 3.63) is 71.1 Å². The Morgan fingerprint density at radius 1 is 1.07 bits per heavy atom. The quantitative estimate of drug-likeness (QED) is 0.518. The van der Waals surface area contributed by atoms with Gasteiger partial charge in [-0.15, -0.1) is 0 Å². The molecule has 0 unspecified atom stereocenters. The molecule has 0 fully saturated rings. The topological polar surface area (TPSA) is 86.0 Å². The minimum absolute atomic E-state index is 0.0334. The summed E-state index contributed by atoms with van der Waals surface area (Å²) in [5.41, 5.74) is 9.37. The number of nitrogens with two attached hydrogens (primary N) is 1. The first-order chi connectivity index (χ1) is 13.5. The number of hydrogen-bond donors (Lipinski definition) is 2. The molecule has 0 bridgehead atoms. The van der Waals surface area contributed by atoms with Gasteiger partial charge in [-0.3, -0.25) is 4.57 Å². The van der Waals surface area contributed by atoms with E-state index in [1.54, 1.807) is 29.7 Å². The smallest absolute Gasteiger partial charge is 0.239 e. The summed E-state index contributed by atoms with van der Waals surface area (Å²) >= 11 is 0. The molecule has 0 atom stereocenters. The largest absolute Gasteiger partial charge is 0.381 e. The summed E-state index contributed by atoms with van der Waals surface area (Å²) in [6.45, 7) is 11.0. The van der Waals surface area contributed by atoms with E-state index in [-0.39, 0.29) is 17.6 Å². The van der Waals surface area contributed by atoms with Crippen molar-refractivity contribution in [1.29, 1.82) is 0 Å². The van der Waals surface area contributed by atoms with E-state index in [1.807, 2.05) is 31.2 Å². The number of hydrogen-bond acceptors (Lipinski definition) is 5. The van der Waals surface area contributed by atoms with Crippen LogP contribution in [0.25, 0.3) is 21.8 Å². The maximum atomic E-state index is 14.5. The van der Waals surface area contributed by atoms with E-state index in [2.05, 4.69) is 25.1 Å². The fraction of sp³-hybridized carbons (Fsp3) is 0.100. The molecule has 7 nitrogen and oxygen atoms in total. The molecule has 0 aliphatic carbocycles. The molecule has 8 heteroatoms. The molecule has 2 aromatic carbocycles. The van der Waals surface area contributed by atoms with Crippen molar-refractivity contribution in [3.63, 3.8) is 0 Å². The van der Waals surface area contributed by atoms with Gasteiger partial charge in [0, 0.05) is 5.69 Å². The van der Waals surface area contributed by atoms with Crippen LogP contribution in [0.15, 0.2) is 42.5 Å². The van der Waals surface area contributed by atoms with Crippen LogP contribution in [0.4, 0.5) is 27.4 Å². The van der Waals surface area contributed by atoms with Gasteiger partial charge in [0.2, 0.25) is 11.8 Å². The monoisotopic (exact) mass is 373 g/mol. The highest BCUT2D eigenvalue weighted by Gasteiger charge is 2.17. The number of nitrogen functional groups attached to an aromatic ring is 1. The van der Waals surface area contributed by atoms with Gasteiger partial charge in [-0.05, 0) is 38.1 Å². The maximum absolute atomic E-state index is 14.5. The van der Waals surface area contributed by atoms with Crippen LogP contribution in [0.5, 0.6) is 0 Å². The lowest BCUT2D eigenvalue weighted by molar-refractivity contribution is 0.622. The minimum Gasteiger partial charge on any atom is -0.381 e. The van der Waals surface area contributed by atoms with Crippen molar-refractivity contribution in [2.24, 2.45) is 0 Å². The number of benzene rings is 2. The predicted molar refractivity (Wildman–Crippen MR) is 106 cm³/mol. The number of aryl methyl sites for hydroxylation is 2. The molecule has 4 aromatic rings. The first-order valence-corrected chi connectivity index (χ1v) is 8.50. The van der Waals surface area contributed by atoms with Crippen molar-refractivity contribution in [1.82, 2.24) is 19.5 Å². The Kier molecular flexibility index (Phi) is 4.12.